The van der Waals surface area contributed by atoms with Crippen LogP contribution < -0.4 is 10.5 Å². The molecule has 182 valence electrons. The van der Waals surface area contributed by atoms with Crippen LogP contribution in [0, 0.1) is 5.82 Å². The highest BCUT2D eigenvalue weighted by atomic mass is 19.1. The topological polar surface area (TPSA) is 79.4 Å². The van der Waals surface area contributed by atoms with Gasteiger partial charge in [-0.15, -0.1) is 0 Å². The molecule has 2 aromatic heterocycles. The van der Waals surface area contributed by atoms with Crippen molar-refractivity contribution in [2.75, 3.05) is 6.61 Å². The van der Waals surface area contributed by atoms with Gasteiger partial charge in [0.2, 0.25) is 0 Å². The number of hydrogen-bond donors (Lipinski definition) is 1. The molecule has 0 amide bonds. The third-order valence-electron chi connectivity index (χ3n) is 5.91. The largest absolute Gasteiger partial charge is 0.489 e. The molecule has 7 heteroatoms. The lowest BCUT2D eigenvalue weighted by Gasteiger charge is -2.15. The predicted molar refractivity (Wildman–Crippen MR) is 135 cm³/mol. The van der Waals surface area contributed by atoms with Crippen molar-refractivity contribution in [2.45, 2.75) is 46.4 Å². The van der Waals surface area contributed by atoms with Crippen LogP contribution in [0.3, 0.4) is 0 Å². The van der Waals surface area contributed by atoms with E-state index in [1.807, 2.05) is 42.6 Å². The zero-order valence-electron chi connectivity index (χ0n) is 20.3. The van der Waals surface area contributed by atoms with E-state index >= 15 is 4.39 Å². The molecule has 6 nitrogen and oxygen atoms in total. The average Bonchev–Trinajstić information content (AvgIpc) is 3.28. The summed E-state index contributed by atoms with van der Waals surface area (Å²) in [6, 6.07) is 15.3. The summed E-state index contributed by atoms with van der Waals surface area (Å²) >= 11 is 0. The number of esters is 1. The zero-order valence-corrected chi connectivity index (χ0v) is 20.3. The van der Waals surface area contributed by atoms with E-state index in [1.165, 1.54) is 0 Å². The Kier molecular flexibility index (Phi) is 7.46. The Morgan fingerprint density at radius 1 is 1.14 bits per heavy atom. The van der Waals surface area contributed by atoms with E-state index in [9.17, 15) is 4.79 Å². The maximum atomic E-state index is 15.2. The molecule has 0 atom stereocenters. The molecule has 0 bridgehead atoms. The molecule has 0 saturated carbocycles. The average molecular weight is 476 g/mol. The number of rotatable bonds is 9. The number of nitrogens with two attached hydrogens (primary N) is 1. The first-order chi connectivity index (χ1) is 16.9. The number of para-hydroxylation sites is 1. The van der Waals surface area contributed by atoms with Crippen molar-refractivity contribution in [1.82, 2.24) is 9.55 Å². The molecular weight excluding hydrogens is 445 g/mol. The molecule has 4 aromatic rings. The minimum Gasteiger partial charge on any atom is -0.489 e. The second-order valence-corrected chi connectivity index (χ2v) is 8.59. The molecule has 0 aliphatic rings. The molecule has 2 N–H and O–H groups in total. The second kappa shape index (κ2) is 10.7. The van der Waals surface area contributed by atoms with Crippen molar-refractivity contribution in [3.63, 3.8) is 0 Å². The summed E-state index contributed by atoms with van der Waals surface area (Å²) < 4.78 is 28.6. The Balaban J connectivity index is 1.73. The zero-order chi connectivity index (χ0) is 24.9. The molecule has 0 unspecified atom stereocenters. The van der Waals surface area contributed by atoms with Crippen LogP contribution >= 0.6 is 0 Å². The van der Waals surface area contributed by atoms with Gasteiger partial charge in [0, 0.05) is 47.0 Å². The Hall–Kier alpha value is -3.71. The van der Waals surface area contributed by atoms with Crippen LogP contribution in [0.25, 0.3) is 22.0 Å². The third kappa shape index (κ3) is 5.20. The third-order valence-corrected chi connectivity index (χ3v) is 5.91. The summed E-state index contributed by atoms with van der Waals surface area (Å²) in [6.45, 7) is 6.60. The van der Waals surface area contributed by atoms with Gasteiger partial charge < -0.3 is 19.8 Å². The Labute approximate surface area is 204 Å². The Bertz CT molecular complexity index is 1350. The van der Waals surface area contributed by atoms with Gasteiger partial charge in [0.05, 0.1) is 18.7 Å². The number of ether oxygens (including phenoxy) is 2. The van der Waals surface area contributed by atoms with Crippen LogP contribution in [-0.2, 0) is 29.1 Å². The molecule has 0 aliphatic heterocycles. The SMILES string of the molecule is CCOC(=O)Cc1ccccc1OCc1cc(-c2ccnc(CN)c2F)c2ccn(C(C)C)c2c1. The lowest BCUT2D eigenvalue weighted by Crippen LogP contribution is -2.09. The number of halogens is 1. The van der Waals surface area contributed by atoms with Crippen LogP contribution in [-0.4, -0.2) is 22.1 Å². The van der Waals surface area contributed by atoms with Gasteiger partial charge in [0.1, 0.15) is 12.4 Å². The first-order valence-corrected chi connectivity index (χ1v) is 11.8. The quantitative estimate of drug-likeness (QED) is 0.320. The maximum Gasteiger partial charge on any atom is 0.310 e. The number of carbonyl (C=O) groups excluding carboxylic acids is 1. The molecular formula is C28H30FN3O3. The minimum absolute atomic E-state index is 0.0237. The van der Waals surface area contributed by atoms with Crippen LogP contribution in [0.5, 0.6) is 5.75 Å². The highest BCUT2D eigenvalue weighted by Gasteiger charge is 2.17. The smallest absolute Gasteiger partial charge is 0.310 e. The van der Waals surface area contributed by atoms with Gasteiger partial charge in [-0.05, 0) is 62.2 Å². The number of aromatic nitrogens is 2. The molecule has 4 rings (SSSR count). The van der Waals surface area contributed by atoms with Gasteiger partial charge in [-0.1, -0.05) is 18.2 Å². The number of hydrogen-bond acceptors (Lipinski definition) is 5. The van der Waals surface area contributed by atoms with E-state index in [4.69, 9.17) is 15.2 Å². The van der Waals surface area contributed by atoms with E-state index in [2.05, 4.69) is 29.5 Å². The standard InChI is InChI=1S/C28H30FN3O3/c1-4-34-27(33)15-20-7-5-6-8-26(20)35-17-19-13-23(22-9-11-31-24(16-30)28(22)29)21-10-12-32(18(2)3)25(21)14-19/h5-14,18H,4,15-17,30H2,1-3H3. The Morgan fingerprint density at radius 3 is 2.69 bits per heavy atom. The van der Waals surface area contributed by atoms with Gasteiger partial charge in [-0.3, -0.25) is 9.78 Å². The number of carbonyl (C=O) groups is 1. The fraction of sp³-hybridized carbons (Fsp3) is 0.286. The van der Waals surface area contributed by atoms with E-state index < -0.39 is 5.82 Å². The van der Waals surface area contributed by atoms with Crippen LogP contribution in [0.2, 0.25) is 0 Å². The lowest BCUT2D eigenvalue weighted by molar-refractivity contribution is -0.142. The van der Waals surface area contributed by atoms with E-state index in [0.717, 1.165) is 27.6 Å². The summed E-state index contributed by atoms with van der Waals surface area (Å²) in [5.74, 6) is -0.0979. The normalized spacial score (nSPS) is 11.3. The van der Waals surface area contributed by atoms with Crippen molar-refractivity contribution >= 4 is 16.9 Å². The molecule has 2 aromatic carbocycles. The fourth-order valence-corrected chi connectivity index (χ4v) is 4.23. The molecule has 35 heavy (non-hydrogen) atoms. The molecule has 0 radical (unpaired) electrons. The molecule has 0 spiro atoms. The lowest BCUT2D eigenvalue weighted by atomic mass is 9.98. The molecule has 2 heterocycles. The van der Waals surface area contributed by atoms with Crippen molar-refractivity contribution in [1.29, 1.82) is 0 Å². The van der Waals surface area contributed by atoms with E-state index in [-0.39, 0.29) is 37.3 Å². The second-order valence-electron chi connectivity index (χ2n) is 8.59. The van der Waals surface area contributed by atoms with Gasteiger partial charge in [-0.2, -0.15) is 0 Å². The molecule has 0 aliphatic carbocycles. The summed E-state index contributed by atoms with van der Waals surface area (Å²) in [5, 5.41) is 0.943. The summed E-state index contributed by atoms with van der Waals surface area (Å²) in [5.41, 5.74) is 9.77. The molecule has 0 saturated heterocycles. The number of fused-ring (bicyclic) bond motifs is 1. The van der Waals surface area contributed by atoms with Gasteiger partial charge in [-0.25, -0.2) is 4.39 Å². The van der Waals surface area contributed by atoms with Gasteiger partial charge in [0.25, 0.3) is 0 Å². The summed E-state index contributed by atoms with van der Waals surface area (Å²) in [7, 11) is 0. The fourth-order valence-electron chi connectivity index (χ4n) is 4.23. The number of benzene rings is 2. The van der Waals surface area contributed by atoms with Crippen molar-refractivity contribution in [3.8, 4) is 16.9 Å². The van der Waals surface area contributed by atoms with Crippen LogP contribution in [0.1, 0.15) is 43.6 Å². The van der Waals surface area contributed by atoms with Crippen LogP contribution in [0.15, 0.2) is 60.9 Å². The number of nitrogens with zero attached hydrogens (tertiary/aromatic N) is 2. The van der Waals surface area contributed by atoms with E-state index in [0.29, 0.717) is 17.9 Å². The first-order valence-electron chi connectivity index (χ1n) is 11.8. The van der Waals surface area contributed by atoms with Crippen LogP contribution in [0.4, 0.5) is 4.39 Å². The van der Waals surface area contributed by atoms with Crippen molar-refractivity contribution in [3.05, 3.63) is 83.6 Å². The Morgan fingerprint density at radius 2 is 1.94 bits per heavy atom. The highest BCUT2D eigenvalue weighted by Crippen LogP contribution is 2.35. The monoisotopic (exact) mass is 475 g/mol. The first kappa shape index (κ1) is 24.4. The highest BCUT2D eigenvalue weighted by molar-refractivity contribution is 5.96. The van der Waals surface area contributed by atoms with Crippen molar-refractivity contribution < 1.29 is 18.7 Å². The number of pyridine rings is 1. The molecule has 0 fully saturated rings. The summed E-state index contributed by atoms with van der Waals surface area (Å²) in [4.78, 5) is 16.1. The predicted octanol–water partition coefficient (Wildman–Crippen LogP) is 5.57. The maximum absolute atomic E-state index is 15.2. The van der Waals surface area contributed by atoms with E-state index in [1.54, 1.807) is 19.2 Å². The minimum atomic E-state index is -0.411. The van der Waals surface area contributed by atoms with Gasteiger partial charge >= 0.3 is 5.97 Å². The summed E-state index contributed by atoms with van der Waals surface area (Å²) in [6.07, 6.45) is 3.73. The van der Waals surface area contributed by atoms with Crippen molar-refractivity contribution in [2.24, 2.45) is 5.73 Å². The van der Waals surface area contributed by atoms with Gasteiger partial charge in [0.15, 0.2) is 5.82 Å².